The fraction of sp³-hybridized carbons (Fsp3) is 0.642. The van der Waals surface area contributed by atoms with E-state index in [1.807, 2.05) is 6.20 Å². The number of pyridine rings is 1. The van der Waals surface area contributed by atoms with E-state index in [0.29, 0.717) is 21.7 Å². The lowest BCUT2D eigenvalue weighted by molar-refractivity contribution is 0.458. The number of benzene rings is 1. The second-order valence-electron chi connectivity index (χ2n) is 24.1. The maximum Gasteiger partial charge on any atom is 0.0459 e. The van der Waals surface area contributed by atoms with Crippen LogP contribution in [0.1, 0.15) is 201 Å². The summed E-state index contributed by atoms with van der Waals surface area (Å²) in [6.07, 6.45) is 13.6. The molecule has 0 unspecified atom stereocenters. The predicted octanol–water partition coefficient (Wildman–Crippen LogP) is 16.6. The maximum atomic E-state index is 4.42. The van der Waals surface area contributed by atoms with Crippen molar-refractivity contribution in [2.75, 3.05) is 0 Å². The van der Waals surface area contributed by atoms with Gasteiger partial charge >= 0.3 is 0 Å². The Hall–Kier alpha value is -2.67. The molecule has 0 radical (unpaired) electrons. The van der Waals surface area contributed by atoms with Gasteiger partial charge in [0, 0.05) is 17.3 Å². The van der Waals surface area contributed by atoms with Gasteiger partial charge in [0.05, 0.1) is 0 Å². The van der Waals surface area contributed by atoms with E-state index in [9.17, 15) is 0 Å². The first kappa shape index (κ1) is 49.3. The molecule has 0 fully saturated rings. The Kier molecular flexibility index (Phi) is 16.1. The highest BCUT2D eigenvalue weighted by Gasteiger charge is 2.27. The molecule has 1 heteroatoms. The van der Waals surface area contributed by atoms with Gasteiger partial charge < -0.3 is 0 Å². The molecule has 304 valence electrons. The van der Waals surface area contributed by atoms with E-state index in [1.165, 1.54) is 34.4 Å². The molecule has 2 aliphatic rings. The summed E-state index contributed by atoms with van der Waals surface area (Å²) < 4.78 is 0. The first-order valence-corrected chi connectivity index (χ1v) is 20.7. The predicted molar refractivity (Wildman–Crippen MR) is 245 cm³/mol. The first-order chi connectivity index (χ1) is 23.8. The van der Waals surface area contributed by atoms with Crippen LogP contribution in [0.15, 0.2) is 89.2 Å². The van der Waals surface area contributed by atoms with Crippen molar-refractivity contribution >= 4 is 0 Å². The highest BCUT2D eigenvalue weighted by Crippen LogP contribution is 2.41. The van der Waals surface area contributed by atoms with Gasteiger partial charge in [0.25, 0.3) is 0 Å². The molecule has 0 saturated heterocycles. The quantitative estimate of drug-likeness (QED) is 0.262. The fourth-order valence-corrected chi connectivity index (χ4v) is 5.88. The standard InChI is InChI=1S/C14H22.C13H21N.2C13H22/c1-13(2,3)11-8-7-9-12(10-11)14(4,5)6;1-12(2,3)10-7-8-14-11(9-10)13(4,5)6;2*1-12(2,3)10-7-8-11(9-10)13(4,5)6/h7-10H,1-6H3;7-9H,1-6H3;7,9H,8H2,1-6H3;7-8H,9H2,1-6H3. The Bertz CT molecular complexity index is 1470. The minimum absolute atomic E-state index is 0.140. The van der Waals surface area contributed by atoms with Crippen LogP contribution in [0.4, 0.5) is 0 Å². The molecule has 1 nitrogen and oxygen atoms in total. The van der Waals surface area contributed by atoms with E-state index in [0.717, 1.165) is 6.42 Å². The monoisotopic (exact) mass is 738 g/mol. The molecule has 4 rings (SSSR count). The van der Waals surface area contributed by atoms with Crippen molar-refractivity contribution < 1.29 is 0 Å². The topological polar surface area (TPSA) is 12.9 Å². The average molecular weight is 738 g/mol. The van der Waals surface area contributed by atoms with E-state index in [1.54, 1.807) is 16.7 Å². The molecule has 0 spiro atoms. The van der Waals surface area contributed by atoms with Gasteiger partial charge in [0.1, 0.15) is 0 Å². The van der Waals surface area contributed by atoms with Crippen LogP contribution in [-0.2, 0) is 21.7 Å². The largest absolute Gasteiger partial charge is 0.261 e. The average Bonchev–Trinajstić information content (AvgIpc) is 3.68. The molecule has 0 bridgehead atoms. The summed E-state index contributed by atoms with van der Waals surface area (Å²) in [5.41, 5.74) is 13.7. The molecule has 0 atom stereocenters. The molecule has 54 heavy (non-hydrogen) atoms. The van der Waals surface area contributed by atoms with Crippen molar-refractivity contribution in [3.05, 3.63) is 112 Å². The van der Waals surface area contributed by atoms with Crippen molar-refractivity contribution in [2.45, 2.75) is 201 Å². The highest BCUT2D eigenvalue weighted by molar-refractivity contribution is 5.39. The maximum absolute atomic E-state index is 4.42. The summed E-state index contributed by atoms with van der Waals surface area (Å²) in [6.45, 7) is 54.3. The van der Waals surface area contributed by atoms with E-state index in [-0.39, 0.29) is 21.7 Å². The van der Waals surface area contributed by atoms with E-state index in [4.69, 9.17) is 0 Å². The van der Waals surface area contributed by atoms with Gasteiger partial charge in [0.15, 0.2) is 0 Å². The minimum atomic E-state index is 0.140. The smallest absolute Gasteiger partial charge is 0.0459 e. The van der Waals surface area contributed by atoms with Gasteiger partial charge in [-0.1, -0.05) is 231 Å². The summed E-state index contributed by atoms with van der Waals surface area (Å²) in [4.78, 5) is 4.42. The Balaban J connectivity index is 0.000000360. The lowest BCUT2D eigenvalue weighted by Crippen LogP contribution is -2.17. The lowest BCUT2D eigenvalue weighted by Gasteiger charge is -2.25. The van der Waals surface area contributed by atoms with Crippen molar-refractivity contribution in [3.63, 3.8) is 0 Å². The molecule has 2 aromatic rings. The molecule has 1 aromatic carbocycles. The van der Waals surface area contributed by atoms with Crippen molar-refractivity contribution in [3.8, 4) is 0 Å². The third-order valence-corrected chi connectivity index (χ3v) is 10.5. The van der Waals surface area contributed by atoms with Gasteiger partial charge in [-0.15, -0.1) is 0 Å². The third-order valence-electron chi connectivity index (χ3n) is 10.5. The zero-order valence-corrected chi connectivity index (χ0v) is 40.2. The molecular weight excluding hydrogens is 651 g/mol. The van der Waals surface area contributed by atoms with Crippen molar-refractivity contribution in [1.82, 2.24) is 4.98 Å². The second kappa shape index (κ2) is 17.6. The molecule has 1 aromatic heterocycles. The van der Waals surface area contributed by atoms with Crippen LogP contribution in [0, 0.1) is 21.7 Å². The molecule has 1 heterocycles. The van der Waals surface area contributed by atoms with Gasteiger partial charge in [-0.05, 0) is 85.1 Å². The molecule has 0 N–H and O–H groups in total. The summed E-state index contributed by atoms with van der Waals surface area (Å²) in [6, 6.07) is 13.3. The first-order valence-electron chi connectivity index (χ1n) is 20.7. The zero-order valence-electron chi connectivity index (χ0n) is 40.2. The van der Waals surface area contributed by atoms with Crippen LogP contribution in [0.3, 0.4) is 0 Å². The van der Waals surface area contributed by atoms with Gasteiger partial charge in [-0.2, -0.15) is 0 Å². The fourth-order valence-electron chi connectivity index (χ4n) is 5.88. The Morgan fingerprint density at radius 3 is 1.07 bits per heavy atom. The van der Waals surface area contributed by atoms with Crippen LogP contribution >= 0.6 is 0 Å². The van der Waals surface area contributed by atoms with Crippen LogP contribution in [0.2, 0.25) is 0 Å². The Morgan fingerprint density at radius 1 is 0.407 bits per heavy atom. The SMILES string of the molecule is CC(C)(C)C1=CC=C(C(C)(C)C)C1.CC(C)(C)C1=CCC(C(C)(C)C)=C1.CC(C)(C)c1cccc(C(C)(C)C)c1.CC(C)(C)c1ccnc(C(C)(C)C)c1. The molecular formula is C53H87N. The third kappa shape index (κ3) is 16.6. The molecule has 0 amide bonds. The number of allylic oxidation sites excluding steroid dienone is 8. The Morgan fingerprint density at radius 2 is 0.796 bits per heavy atom. The van der Waals surface area contributed by atoms with Gasteiger partial charge in [-0.25, -0.2) is 0 Å². The normalized spacial score (nSPS) is 15.7. The van der Waals surface area contributed by atoms with E-state index >= 15 is 0 Å². The van der Waals surface area contributed by atoms with E-state index < -0.39 is 0 Å². The minimum Gasteiger partial charge on any atom is -0.261 e. The summed E-state index contributed by atoms with van der Waals surface area (Å²) in [7, 11) is 0. The lowest BCUT2D eigenvalue weighted by atomic mass is 9.80. The summed E-state index contributed by atoms with van der Waals surface area (Å²) in [5.74, 6) is 0. The van der Waals surface area contributed by atoms with E-state index in [2.05, 4.69) is 232 Å². The molecule has 0 aliphatic heterocycles. The molecule has 2 aliphatic carbocycles. The number of hydrogen-bond donors (Lipinski definition) is 0. The zero-order chi connectivity index (χ0) is 42.5. The van der Waals surface area contributed by atoms with Crippen LogP contribution in [0.5, 0.6) is 0 Å². The summed E-state index contributed by atoms with van der Waals surface area (Å²) in [5, 5.41) is 0. The van der Waals surface area contributed by atoms with Gasteiger partial charge in [0.2, 0.25) is 0 Å². The number of nitrogens with zero attached hydrogens (tertiary/aromatic N) is 1. The van der Waals surface area contributed by atoms with Crippen molar-refractivity contribution in [1.29, 1.82) is 0 Å². The number of aromatic nitrogens is 1. The van der Waals surface area contributed by atoms with Crippen molar-refractivity contribution in [2.24, 2.45) is 21.7 Å². The van der Waals surface area contributed by atoms with Crippen LogP contribution in [0.25, 0.3) is 0 Å². The number of rotatable bonds is 0. The Labute approximate surface area is 337 Å². The number of hydrogen-bond acceptors (Lipinski definition) is 1. The van der Waals surface area contributed by atoms with Crippen LogP contribution in [-0.4, -0.2) is 4.98 Å². The van der Waals surface area contributed by atoms with Gasteiger partial charge in [-0.3, -0.25) is 4.98 Å². The second-order valence-corrected chi connectivity index (χ2v) is 24.1. The highest BCUT2D eigenvalue weighted by atomic mass is 14.7. The molecule has 0 saturated carbocycles. The van der Waals surface area contributed by atoms with Crippen LogP contribution < -0.4 is 0 Å². The summed E-state index contributed by atoms with van der Waals surface area (Å²) >= 11 is 0.